The number of carbonyl (C=O) groups is 1. The van der Waals surface area contributed by atoms with Crippen LogP contribution < -0.4 is 9.62 Å². The molecular formula is C21H20F3N3O3S2. The molecule has 0 aliphatic heterocycles. The summed E-state index contributed by atoms with van der Waals surface area (Å²) in [6, 6.07) is 11.8. The van der Waals surface area contributed by atoms with Gasteiger partial charge in [0, 0.05) is 17.5 Å². The highest BCUT2D eigenvalue weighted by Crippen LogP contribution is 2.30. The van der Waals surface area contributed by atoms with Crippen molar-refractivity contribution in [2.45, 2.75) is 19.5 Å². The third-order valence-corrected chi connectivity index (χ3v) is 6.54. The lowest BCUT2D eigenvalue weighted by Crippen LogP contribution is -2.37. The number of aromatic nitrogens is 1. The number of rotatable bonds is 7. The molecule has 0 unspecified atom stereocenters. The summed E-state index contributed by atoms with van der Waals surface area (Å²) in [6.07, 6.45) is -1.72. The molecule has 0 aliphatic rings. The smallest absolute Gasteiger partial charge is 0.300 e. The van der Waals surface area contributed by atoms with Crippen LogP contribution >= 0.6 is 11.3 Å². The number of aryl methyl sites for hydroxylation is 1. The van der Waals surface area contributed by atoms with Gasteiger partial charge >= 0.3 is 6.18 Å². The van der Waals surface area contributed by atoms with Crippen molar-refractivity contribution in [1.29, 1.82) is 0 Å². The molecule has 3 aromatic rings. The highest BCUT2D eigenvalue weighted by molar-refractivity contribution is 7.92. The summed E-state index contributed by atoms with van der Waals surface area (Å²) in [5.41, 5.74) is 0.826. The van der Waals surface area contributed by atoms with Crippen LogP contribution in [0.4, 0.5) is 24.0 Å². The van der Waals surface area contributed by atoms with Crippen LogP contribution in [0.2, 0.25) is 0 Å². The first kappa shape index (κ1) is 23.7. The fourth-order valence-electron chi connectivity index (χ4n) is 3.02. The molecule has 0 radical (unpaired) electrons. The highest BCUT2D eigenvalue weighted by atomic mass is 32.2. The monoisotopic (exact) mass is 483 g/mol. The van der Waals surface area contributed by atoms with E-state index in [2.05, 4.69) is 10.3 Å². The average Bonchev–Trinajstić information content (AvgIpc) is 3.12. The Balaban J connectivity index is 1.70. The van der Waals surface area contributed by atoms with Gasteiger partial charge in [-0.3, -0.25) is 9.10 Å². The molecule has 0 fully saturated rings. The summed E-state index contributed by atoms with van der Waals surface area (Å²) in [4.78, 5) is 17.2. The van der Waals surface area contributed by atoms with E-state index in [-0.39, 0.29) is 11.6 Å². The lowest BCUT2D eigenvalue weighted by molar-refractivity contribution is -0.137. The summed E-state index contributed by atoms with van der Waals surface area (Å²) >= 11 is 1.11. The van der Waals surface area contributed by atoms with Gasteiger partial charge in [-0.2, -0.15) is 13.2 Å². The molecule has 1 heterocycles. The molecule has 3 rings (SSSR count). The van der Waals surface area contributed by atoms with Crippen molar-refractivity contribution in [1.82, 2.24) is 4.98 Å². The summed E-state index contributed by atoms with van der Waals surface area (Å²) in [5.74, 6) is -0.585. The van der Waals surface area contributed by atoms with Gasteiger partial charge in [0.15, 0.2) is 5.13 Å². The molecule has 170 valence electrons. The van der Waals surface area contributed by atoms with Crippen molar-refractivity contribution in [2.24, 2.45) is 0 Å². The van der Waals surface area contributed by atoms with E-state index in [0.717, 1.165) is 34.0 Å². The number of anilines is 2. The second-order valence-corrected chi connectivity index (χ2v) is 10.1. The van der Waals surface area contributed by atoms with E-state index in [9.17, 15) is 26.4 Å². The average molecular weight is 484 g/mol. The maximum absolute atomic E-state index is 12.9. The van der Waals surface area contributed by atoms with Gasteiger partial charge in [0.2, 0.25) is 15.9 Å². The molecule has 0 atom stereocenters. The molecular weight excluding hydrogens is 463 g/mol. The quantitative estimate of drug-likeness (QED) is 0.538. The summed E-state index contributed by atoms with van der Waals surface area (Å²) < 4.78 is 64.1. The Morgan fingerprint density at radius 2 is 1.88 bits per heavy atom. The second-order valence-electron chi connectivity index (χ2n) is 7.11. The third-order valence-electron chi connectivity index (χ3n) is 4.50. The van der Waals surface area contributed by atoms with E-state index in [1.165, 1.54) is 12.3 Å². The van der Waals surface area contributed by atoms with Crippen molar-refractivity contribution in [3.63, 3.8) is 0 Å². The molecule has 0 saturated carbocycles. The minimum absolute atomic E-state index is 0.218. The van der Waals surface area contributed by atoms with Gasteiger partial charge in [-0.1, -0.05) is 36.4 Å². The van der Waals surface area contributed by atoms with Crippen molar-refractivity contribution in [3.8, 4) is 0 Å². The number of alkyl halides is 3. The highest BCUT2D eigenvalue weighted by Gasteiger charge is 2.30. The minimum atomic E-state index is -4.43. The number of para-hydroxylation sites is 1. The minimum Gasteiger partial charge on any atom is -0.300 e. The SMILES string of the molecule is Cc1ccccc1N(CC(=O)Nc1ncc(Cc2cccc(C(F)(F)F)c2)s1)S(C)(=O)=O. The molecule has 2 aromatic carbocycles. The summed E-state index contributed by atoms with van der Waals surface area (Å²) in [5, 5.41) is 2.79. The predicted octanol–water partition coefficient (Wildman–Crippen LogP) is 4.47. The normalized spacial score (nSPS) is 11.9. The molecule has 0 aliphatic carbocycles. The van der Waals surface area contributed by atoms with E-state index in [1.807, 2.05) is 0 Å². The molecule has 1 aromatic heterocycles. The van der Waals surface area contributed by atoms with Crippen molar-refractivity contribution in [2.75, 3.05) is 22.4 Å². The molecule has 0 spiro atoms. The zero-order valence-electron chi connectivity index (χ0n) is 17.2. The standard InChI is InChI=1S/C21H20F3N3O3S2/c1-14-6-3-4-9-18(14)27(32(2,29)30)13-19(28)26-20-25-12-17(31-20)11-15-7-5-8-16(10-15)21(22,23)24/h3-10,12H,11,13H2,1-2H3,(H,25,26,28). The van der Waals surface area contributed by atoms with E-state index in [4.69, 9.17) is 0 Å². The number of hydrogen-bond donors (Lipinski definition) is 1. The first-order chi connectivity index (χ1) is 14.9. The van der Waals surface area contributed by atoms with Gasteiger partial charge in [-0.25, -0.2) is 13.4 Å². The van der Waals surface area contributed by atoms with Crippen LogP contribution in [-0.2, 0) is 27.4 Å². The Bertz CT molecular complexity index is 1220. The predicted molar refractivity (Wildman–Crippen MR) is 118 cm³/mol. The fraction of sp³-hybridized carbons (Fsp3) is 0.238. The third kappa shape index (κ3) is 6.07. The Hall–Kier alpha value is -2.92. The van der Waals surface area contributed by atoms with Gasteiger partial charge in [0.25, 0.3) is 0 Å². The van der Waals surface area contributed by atoms with Crippen LogP contribution in [0.25, 0.3) is 0 Å². The molecule has 32 heavy (non-hydrogen) atoms. The molecule has 0 saturated heterocycles. The number of halogens is 3. The number of thiazole rings is 1. The number of carbonyl (C=O) groups excluding carboxylic acids is 1. The molecule has 1 amide bonds. The lowest BCUT2D eigenvalue weighted by Gasteiger charge is -2.23. The van der Waals surface area contributed by atoms with Crippen LogP contribution in [0.1, 0.15) is 21.6 Å². The topological polar surface area (TPSA) is 79.4 Å². The van der Waals surface area contributed by atoms with Crippen LogP contribution in [0.5, 0.6) is 0 Å². The zero-order chi connectivity index (χ0) is 23.5. The number of benzene rings is 2. The number of hydrogen-bond acceptors (Lipinski definition) is 5. The molecule has 6 nitrogen and oxygen atoms in total. The van der Waals surface area contributed by atoms with Gasteiger partial charge in [0.1, 0.15) is 6.54 Å². The number of nitrogens with zero attached hydrogens (tertiary/aromatic N) is 2. The zero-order valence-corrected chi connectivity index (χ0v) is 18.8. The Labute approximate surface area is 187 Å². The van der Waals surface area contributed by atoms with E-state index >= 15 is 0 Å². The Morgan fingerprint density at radius 3 is 2.53 bits per heavy atom. The van der Waals surface area contributed by atoms with Gasteiger partial charge in [-0.05, 0) is 30.2 Å². The van der Waals surface area contributed by atoms with Crippen molar-refractivity contribution < 1.29 is 26.4 Å². The maximum Gasteiger partial charge on any atom is 0.416 e. The van der Waals surface area contributed by atoms with Gasteiger partial charge in [-0.15, -0.1) is 11.3 Å². The number of nitrogens with one attached hydrogen (secondary N) is 1. The molecule has 1 N–H and O–H groups in total. The molecule has 11 heteroatoms. The number of sulfonamides is 1. The largest absolute Gasteiger partial charge is 0.416 e. The first-order valence-electron chi connectivity index (χ1n) is 9.37. The van der Waals surface area contributed by atoms with E-state index in [0.29, 0.717) is 21.7 Å². The second kappa shape index (κ2) is 9.29. The summed E-state index contributed by atoms with van der Waals surface area (Å²) in [7, 11) is -3.72. The van der Waals surface area contributed by atoms with E-state index < -0.39 is 34.2 Å². The Morgan fingerprint density at radius 1 is 1.16 bits per heavy atom. The maximum atomic E-state index is 12.9. The summed E-state index contributed by atoms with van der Waals surface area (Å²) in [6.45, 7) is 1.30. The van der Waals surface area contributed by atoms with E-state index in [1.54, 1.807) is 37.3 Å². The van der Waals surface area contributed by atoms with Crippen LogP contribution in [0.15, 0.2) is 54.7 Å². The van der Waals surface area contributed by atoms with Crippen LogP contribution in [0.3, 0.4) is 0 Å². The Kier molecular flexibility index (Phi) is 6.89. The van der Waals surface area contributed by atoms with Crippen molar-refractivity contribution in [3.05, 3.63) is 76.3 Å². The van der Waals surface area contributed by atoms with Gasteiger partial charge < -0.3 is 5.32 Å². The van der Waals surface area contributed by atoms with Gasteiger partial charge in [0.05, 0.1) is 17.5 Å². The van der Waals surface area contributed by atoms with Crippen LogP contribution in [-0.4, -0.2) is 32.1 Å². The first-order valence-corrected chi connectivity index (χ1v) is 12.0. The van der Waals surface area contributed by atoms with Crippen LogP contribution in [0, 0.1) is 6.92 Å². The molecule has 0 bridgehead atoms. The van der Waals surface area contributed by atoms with Crippen molar-refractivity contribution >= 4 is 38.1 Å². The number of amides is 1. The lowest BCUT2D eigenvalue weighted by atomic mass is 10.1. The fourth-order valence-corrected chi connectivity index (χ4v) is 4.80.